The Morgan fingerprint density at radius 1 is 0.452 bits per heavy atom. The SMILES string of the molecule is c1ccc2c(c1)O[P-]13(O2)(Oc2ccccc2O1)[n+]1cccc2ccc4ccc[n+]3c4c21. The number of aromatic nitrogens is 2. The van der Waals surface area contributed by atoms with Crippen molar-refractivity contribution < 1.29 is 26.8 Å². The summed E-state index contributed by atoms with van der Waals surface area (Å²) in [6.07, 6.45) is 3.87. The van der Waals surface area contributed by atoms with Crippen LogP contribution in [0, 0.1) is 0 Å². The summed E-state index contributed by atoms with van der Waals surface area (Å²) in [4.78, 5) is 0. The van der Waals surface area contributed by atoms with Crippen LogP contribution in [0.25, 0.3) is 21.8 Å². The normalized spacial score (nSPS) is 21.3. The van der Waals surface area contributed by atoms with Gasteiger partial charge in [0.15, 0.2) is 0 Å². The van der Waals surface area contributed by atoms with E-state index in [0.29, 0.717) is 23.0 Å². The van der Waals surface area contributed by atoms with Gasteiger partial charge in [0.25, 0.3) is 0 Å². The molecule has 0 aliphatic carbocycles. The van der Waals surface area contributed by atoms with Gasteiger partial charge in [0.05, 0.1) is 0 Å². The first-order valence-corrected chi connectivity index (χ1v) is 12.4. The first kappa shape index (κ1) is 15.9. The van der Waals surface area contributed by atoms with Gasteiger partial charge in [-0.2, -0.15) is 0 Å². The Balaban J connectivity index is 1.66. The van der Waals surface area contributed by atoms with Gasteiger partial charge in [0.2, 0.25) is 0 Å². The minimum absolute atomic E-state index is 0.577. The predicted molar refractivity (Wildman–Crippen MR) is 115 cm³/mol. The molecule has 3 aliphatic heterocycles. The van der Waals surface area contributed by atoms with Gasteiger partial charge in [-0.05, 0) is 0 Å². The van der Waals surface area contributed by atoms with Gasteiger partial charge < -0.3 is 0 Å². The molecule has 0 fully saturated rings. The van der Waals surface area contributed by atoms with E-state index in [1.165, 1.54) is 0 Å². The Bertz CT molecular complexity index is 1480. The van der Waals surface area contributed by atoms with Gasteiger partial charge in [-0.25, -0.2) is 0 Å². The molecule has 3 aliphatic rings. The molecular formula is C24H16N2O4P+. The molecule has 31 heavy (non-hydrogen) atoms. The van der Waals surface area contributed by atoms with Crippen LogP contribution in [0.1, 0.15) is 0 Å². The maximum atomic E-state index is 6.93. The van der Waals surface area contributed by atoms with Gasteiger partial charge in [0, 0.05) is 0 Å². The van der Waals surface area contributed by atoms with Gasteiger partial charge in [0.1, 0.15) is 0 Å². The summed E-state index contributed by atoms with van der Waals surface area (Å²) in [6, 6.07) is 27.5. The molecule has 150 valence electrons. The van der Waals surface area contributed by atoms with Crippen molar-refractivity contribution in [1.82, 2.24) is 0 Å². The number of hydrogen-bond donors (Lipinski definition) is 0. The second-order valence-electron chi connectivity index (χ2n) is 8.10. The summed E-state index contributed by atoms with van der Waals surface area (Å²) >= 11 is 0. The zero-order valence-electron chi connectivity index (χ0n) is 16.2. The molecule has 0 radical (unpaired) electrons. The molecule has 0 atom stereocenters. The molecule has 0 saturated heterocycles. The van der Waals surface area contributed by atoms with Crippen molar-refractivity contribution in [2.75, 3.05) is 0 Å². The van der Waals surface area contributed by atoms with E-state index < -0.39 is 7.15 Å². The van der Waals surface area contributed by atoms with E-state index >= 15 is 0 Å². The Labute approximate surface area is 176 Å². The number of para-hydroxylation sites is 4. The van der Waals surface area contributed by atoms with E-state index in [0.717, 1.165) is 21.8 Å². The number of fused-ring (bicyclic) bond motifs is 2. The van der Waals surface area contributed by atoms with Gasteiger partial charge >= 0.3 is 176 Å². The number of pyridine rings is 2. The molecule has 7 heteroatoms. The molecule has 1 spiro atoms. The molecule has 0 unspecified atom stereocenters. The van der Waals surface area contributed by atoms with Crippen LogP contribution >= 0.6 is 7.15 Å². The van der Waals surface area contributed by atoms with Crippen molar-refractivity contribution >= 4 is 29.0 Å². The van der Waals surface area contributed by atoms with Crippen LogP contribution in [0.15, 0.2) is 97.3 Å². The molecule has 0 saturated carbocycles. The van der Waals surface area contributed by atoms with E-state index in [1.54, 1.807) is 0 Å². The quantitative estimate of drug-likeness (QED) is 0.263. The second kappa shape index (κ2) is 4.41. The number of hydrogen-bond acceptors (Lipinski definition) is 4. The molecule has 6 nitrogen and oxygen atoms in total. The number of nitrogens with zero attached hydrogens (tertiary/aromatic N) is 2. The fourth-order valence-corrected chi connectivity index (χ4v) is 10.6. The fraction of sp³-hybridized carbons (Fsp3) is 0. The van der Waals surface area contributed by atoms with Crippen molar-refractivity contribution in [3.63, 3.8) is 0 Å². The van der Waals surface area contributed by atoms with Crippen LogP contribution < -0.4 is 26.8 Å². The molecule has 0 bridgehead atoms. The molecule has 0 N–H and O–H groups in total. The first-order chi connectivity index (χ1) is 15.2. The third kappa shape index (κ3) is 1.43. The van der Waals surface area contributed by atoms with Crippen LogP contribution in [-0.2, 0) is 0 Å². The summed E-state index contributed by atoms with van der Waals surface area (Å²) in [6.45, 7) is 0. The van der Waals surface area contributed by atoms with Crippen LogP contribution in [0.5, 0.6) is 23.0 Å². The first-order valence-electron chi connectivity index (χ1n) is 10.1. The number of benzene rings is 3. The van der Waals surface area contributed by atoms with Crippen molar-refractivity contribution in [3.8, 4) is 23.0 Å². The monoisotopic (exact) mass is 427 g/mol. The molecular weight excluding hydrogens is 411 g/mol. The van der Waals surface area contributed by atoms with E-state index in [9.17, 15) is 0 Å². The van der Waals surface area contributed by atoms with Crippen LogP contribution in [0.3, 0.4) is 0 Å². The Morgan fingerprint density at radius 2 is 0.839 bits per heavy atom. The van der Waals surface area contributed by atoms with Gasteiger partial charge in [-0.1, -0.05) is 0 Å². The maximum absolute atomic E-state index is 6.93. The van der Waals surface area contributed by atoms with E-state index in [2.05, 4.69) is 24.3 Å². The molecule has 2 aromatic heterocycles. The third-order valence-corrected chi connectivity index (χ3v) is 11.2. The van der Waals surface area contributed by atoms with Crippen LogP contribution in [0.4, 0.5) is 0 Å². The zero-order chi connectivity index (χ0) is 20.3. The van der Waals surface area contributed by atoms with Crippen LogP contribution in [0.2, 0.25) is 0 Å². The molecule has 0 amide bonds. The second-order valence-corrected chi connectivity index (χ2v) is 12.1. The number of rotatable bonds is 0. The summed E-state index contributed by atoms with van der Waals surface area (Å²) in [5.74, 6) is 2.31. The third-order valence-electron chi connectivity index (χ3n) is 6.44. The standard InChI is InChI=1S/C24H16N2O4P/c1-2-10-20-19(9-1)27-31(28-20,29-21-11-3-4-12-22(21)30-31)25-15-5-7-17-13-14-18-8-6-16-26(31)24(18)23(17)25/h1-16H/q+1. The van der Waals surface area contributed by atoms with Crippen LogP contribution in [-0.4, -0.2) is 0 Å². The fourth-order valence-electron chi connectivity index (χ4n) is 5.26. The summed E-state index contributed by atoms with van der Waals surface area (Å²) in [7, 11) is -5.39. The van der Waals surface area contributed by atoms with Crippen molar-refractivity contribution in [3.05, 3.63) is 97.3 Å². The van der Waals surface area contributed by atoms with Crippen molar-refractivity contribution in [2.45, 2.75) is 0 Å². The summed E-state index contributed by atoms with van der Waals surface area (Å²) < 4.78 is 31.7. The minimum atomic E-state index is -5.39. The zero-order valence-corrected chi connectivity index (χ0v) is 17.1. The van der Waals surface area contributed by atoms with Gasteiger partial charge in [-0.15, -0.1) is 0 Å². The Kier molecular flexibility index (Phi) is 2.26. The predicted octanol–water partition coefficient (Wildman–Crippen LogP) is 4.80. The topological polar surface area (TPSA) is 44.7 Å². The average molecular weight is 427 g/mol. The van der Waals surface area contributed by atoms with E-state index in [1.807, 2.05) is 81.7 Å². The van der Waals surface area contributed by atoms with Gasteiger partial charge in [-0.3, -0.25) is 0 Å². The summed E-state index contributed by atoms with van der Waals surface area (Å²) in [5, 5.41) is 2.08. The molecule has 3 aromatic carbocycles. The van der Waals surface area contributed by atoms with Crippen molar-refractivity contribution in [2.24, 2.45) is 0 Å². The molecule has 5 aromatic rings. The van der Waals surface area contributed by atoms with E-state index in [4.69, 9.17) is 18.1 Å². The Hall–Kier alpha value is -3.89. The molecule has 8 rings (SSSR count). The van der Waals surface area contributed by atoms with E-state index in [-0.39, 0.29) is 0 Å². The summed E-state index contributed by atoms with van der Waals surface area (Å²) in [5.41, 5.74) is 1.88. The Morgan fingerprint density at radius 3 is 1.23 bits per heavy atom. The average Bonchev–Trinajstić information content (AvgIpc) is 3.37. The van der Waals surface area contributed by atoms with Crippen molar-refractivity contribution in [1.29, 1.82) is 0 Å². The molecule has 5 heterocycles.